The van der Waals surface area contributed by atoms with E-state index in [0.29, 0.717) is 22.3 Å². The first kappa shape index (κ1) is 20.6. The van der Waals surface area contributed by atoms with Gasteiger partial charge in [-0.15, -0.1) is 0 Å². The Hall–Kier alpha value is -3.28. The summed E-state index contributed by atoms with van der Waals surface area (Å²) in [4.78, 5) is 15.3. The van der Waals surface area contributed by atoms with E-state index in [0.717, 1.165) is 33.7 Å². The number of ether oxygens (including phenoxy) is 1. The summed E-state index contributed by atoms with van der Waals surface area (Å²) in [5.41, 5.74) is 4.71. The number of fused-ring (bicyclic) bond motifs is 1. The quantitative estimate of drug-likeness (QED) is 0.386. The number of aromatic amines is 1. The van der Waals surface area contributed by atoms with Crippen LogP contribution in [0.15, 0.2) is 72.8 Å². The highest BCUT2D eigenvalue weighted by Gasteiger charge is 2.42. The van der Waals surface area contributed by atoms with Gasteiger partial charge in [-0.2, -0.15) is 5.10 Å². The fourth-order valence-corrected chi connectivity index (χ4v) is 4.56. The van der Waals surface area contributed by atoms with Crippen LogP contribution < -0.4 is 4.74 Å². The second kappa shape index (κ2) is 8.34. The number of hydrogen-bond acceptors (Lipinski definition) is 3. The van der Waals surface area contributed by atoms with Gasteiger partial charge >= 0.3 is 0 Å². The van der Waals surface area contributed by atoms with E-state index in [-0.39, 0.29) is 11.9 Å². The van der Waals surface area contributed by atoms with Crippen molar-refractivity contribution in [3.63, 3.8) is 0 Å². The molecule has 32 heavy (non-hydrogen) atoms. The molecule has 3 aromatic carbocycles. The number of carbonyl (C=O) groups excluding carboxylic acids is 1. The van der Waals surface area contributed by atoms with Crippen LogP contribution >= 0.6 is 23.2 Å². The number of rotatable bonds is 5. The van der Waals surface area contributed by atoms with Crippen molar-refractivity contribution in [2.24, 2.45) is 0 Å². The maximum atomic E-state index is 13.5. The minimum atomic E-state index is -0.358. The third-order valence-corrected chi connectivity index (χ3v) is 6.29. The van der Waals surface area contributed by atoms with Crippen molar-refractivity contribution in [3.05, 3.63) is 105 Å². The first-order valence-electron chi connectivity index (χ1n) is 10.1. The fourth-order valence-electron chi connectivity index (χ4n) is 4.16. The molecule has 2 heterocycles. The van der Waals surface area contributed by atoms with E-state index < -0.39 is 0 Å². The van der Waals surface area contributed by atoms with Crippen LogP contribution in [-0.4, -0.2) is 28.1 Å². The molecule has 1 aliphatic rings. The molecule has 0 saturated heterocycles. The van der Waals surface area contributed by atoms with Crippen molar-refractivity contribution in [3.8, 4) is 17.0 Å². The van der Waals surface area contributed by atoms with Crippen LogP contribution in [0.5, 0.6) is 5.75 Å². The van der Waals surface area contributed by atoms with Crippen molar-refractivity contribution in [2.45, 2.75) is 12.6 Å². The Bertz CT molecular complexity index is 1300. The molecule has 160 valence electrons. The van der Waals surface area contributed by atoms with Gasteiger partial charge in [0, 0.05) is 27.7 Å². The van der Waals surface area contributed by atoms with Crippen molar-refractivity contribution in [2.75, 3.05) is 7.11 Å². The van der Waals surface area contributed by atoms with Gasteiger partial charge in [-0.1, -0.05) is 53.5 Å². The highest BCUT2D eigenvalue weighted by atomic mass is 35.5. The number of nitrogens with one attached hydrogen (secondary N) is 1. The van der Waals surface area contributed by atoms with Crippen LogP contribution in [0.1, 0.15) is 33.2 Å². The summed E-state index contributed by atoms with van der Waals surface area (Å²) in [7, 11) is 1.63. The Morgan fingerprint density at radius 3 is 2.53 bits per heavy atom. The largest absolute Gasteiger partial charge is 0.497 e. The molecule has 0 saturated carbocycles. The lowest BCUT2D eigenvalue weighted by Gasteiger charge is -2.27. The summed E-state index contributed by atoms with van der Waals surface area (Å²) in [5.74, 6) is 0.626. The van der Waals surface area contributed by atoms with E-state index >= 15 is 0 Å². The van der Waals surface area contributed by atoms with Gasteiger partial charge in [-0.05, 0) is 53.6 Å². The molecule has 1 atom stereocenters. The summed E-state index contributed by atoms with van der Waals surface area (Å²) in [6, 6.07) is 22.4. The number of benzene rings is 3. The number of aromatic nitrogens is 2. The molecule has 1 amide bonds. The normalized spacial score (nSPS) is 15.2. The second-order valence-electron chi connectivity index (χ2n) is 7.57. The molecule has 1 aliphatic heterocycles. The molecular formula is C25H19Cl2N3O2. The minimum Gasteiger partial charge on any atom is -0.497 e. The molecular weight excluding hydrogens is 445 g/mol. The number of hydrogen-bond donors (Lipinski definition) is 1. The standard InChI is InChI=1S/C25H19Cl2N3O2/c1-32-19-11-9-15(10-12-19)22-21-23(29-28-22)25(31)30(14-17-5-2-3-8-20(17)27)24(21)16-6-4-7-18(26)13-16/h2-13,24H,14H2,1H3,(H,28,29). The van der Waals surface area contributed by atoms with Gasteiger partial charge in [0.05, 0.1) is 18.8 Å². The van der Waals surface area contributed by atoms with Crippen molar-refractivity contribution in [1.82, 2.24) is 15.1 Å². The van der Waals surface area contributed by atoms with E-state index in [4.69, 9.17) is 27.9 Å². The van der Waals surface area contributed by atoms with E-state index in [1.807, 2.05) is 77.7 Å². The zero-order valence-corrected chi connectivity index (χ0v) is 18.7. The van der Waals surface area contributed by atoms with Gasteiger partial charge in [-0.3, -0.25) is 9.89 Å². The Balaban J connectivity index is 1.64. The maximum absolute atomic E-state index is 13.5. The van der Waals surface area contributed by atoms with Gasteiger partial charge < -0.3 is 9.64 Å². The molecule has 7 heteroatoms. The molecule has 0 bridgehead atoms. The van der Waals surface area contributed by atoms with Gasteiger partial charge in [0.15, 0.2) is 0 Å². The molecule has 5 rings (SSSR count). The van der Waals surface area contributed by atoms with Crippen LogP contribution in [0, 0.1) is 0 Å². The summed E-state index contributed by atoms with van der Waals surface area (Å²) in [6.07, 6.45) is 0. The van der Waals surface area contributed by atoms with Gasteiger partial charge in [0.2, 0.25) is 0 Å². The molecule has 0 spiro atoms. The van der Waals surface area contributed by atoms with Crippen molar-refractivity contribution >= 4 is 29.1 Å². The summed E-state index contributed by atoms with van der Waals surface area (Å²) in [5, 5.41) is 8.69. The number of methoxy groups -OCH3 is 1. The zero-order chi connectivity index (χ0) is 22.2. The predicted molar refractivity (Wildman–Crippen MR) is 125 cm³/mol. The van der Waals surface area contributed by atoms with Crippen molar-refractivity contribution < 1.29 is 9.53 Å². The number of halogens is 2. The topological polar surface area (TPSA) is 58.2 Å². The Kier molecular flexibility index (Phi) is 5.37. The van der Waals surface area contributed by atoms with E-state index in [9.17, 15) is 4.79 Å². The Morgan fingerprint density at radius 1 is 1.03 bits per heavy atom. The molecule has 1 unspecified atom stereocenters. The van der Waals surface area contributed by atoms with E-state index in [2.05, 4.69) is 10.2 Å². The smallest absolute Gasteiger partial charge is 0.273 e. The van der Waals surface area contributed by atoms with Crippen LogP contribution in [0.2, 0.25) is 10.0 Å². The fraction of sp³-hybridized carbons (Fsp3) is 0.120. The Morgan fingerprint density at radius 2 is 1.81 bits per heavy atom. The molecule has 1 aromatic heterocycles. The van der Waals surface area contributed by atoms with E-state index in [1.54, 1.807) is 7.11 Å². The van der Waals surface area contributed by atoms with Crippen molar-refractivity contribution in [1.29, 1.82) is 0 Å². The molecule has 1 N–H and O–H groups in total. The lowest BCUT2D eigenvalue weighted by molar-refractivity contribution is 0.0730. The zero-order valence-electron chi connectivity index (χ0n) is 17.2. The number of H-pyrrole nitrogens is 1. The first-order valence-corrected chi connectivity index (χ1v) is 10.8. The molecule has 0 aliphatic carbocycles. The summed E-state index contributed by atoms with van der Waals surface area (Å²) < 4.78 is 5.28. The van der Waals surface area contributed by atoms with Crippen LogP contribution in [0.25, 0.3) is 11.3 Å². The average Bonchev–Trinajstić information content (AvgIpc) is 3.34. The minimum absolute atomic E-state index is 0.128. The van der Waals surface area contributed by atoms with Gasteiger partial charge in [-0.25, -0.2) is 0 Å². The third-order valence-electron chi connectivity index (χ3n) is 5.69. The summed E-state index contributed by atoms with van der Waals surface area (Å²) in [6.45, 7) is 0.361. The van der Waals surface area contributed by atoms with Crippen LogP contribution in [0.4, 0.5) is 0 Å². The highest BCUT2D eigenvalue weighted by Crippen LogP contribution is 2.44. The van der Waals surface area contributed by atoms with Crippen LogP contribution in [-0.2, 0) is 6.54 Å². The third kappa shape index (κ3) is 3.53. The highest BCUT2D eigenvalue weighted by molar-refractivity contribution is 6.31. The maximum Gasteiger partial charge on any atom is 0.273 e. The SMILES string of the molecule is COc1ccc(-c2n[nH]c3c2C(c2cccc(Cl)c2)N(Cc2ccccc2Cl)C3=O)cc1. The van der Waals surface area contributed by atoms with Gasteiger partial charge in [0.25, 0.3) is 5.91 Å². The summed E-state index contributed by atoms with van der Waals surface area (Å²) >= 11 is 12.7. The average molecular weight is 464 g/mol. The lowest BCUT2D eigenvalue weighted by atomic mass is 9.96. The second-order valence-corrected chi connectivity index (χ2v) is 8.42. The number of amides is 1. The predicted octanol–water partition coefficient (Wildman–Crippen LogP) is 6.14. The first-order chi connectivity index (χ1) is 15.6. The Labute approximate surface area is 195 Å². The number of nitrogens with zero attached hydrogens (tertiary/aromatic N) is 2. The monoisotopic (exact) mass is 463 g/mol. The van der Waals surface area contributed by atoms with E-state index in [1.165, 1.54) is 0 Å². The van der Waals surface area contributed by atoms with Crippen LogP contribution in [0.3, 0.4) is 0 Å². The molecule has 0 fully saturated rings. The molecule has 4 aromatic rings. The number of carbonyl (C=O) groups is 1. The molecule has 0 radical (unpaired) electrons. The van der Waals surface area contributed by atoms with Gasteiger partial charge in [0.1, 0.15) is 11.4 Å². The molecule has 5 nitrogen and oxygen atoms in total. The lowest BCUT2D eigenvalue weighted by Crippen LogP contribution is -2.29.